The van der Waals surface area contributed by atoms with Crippen molar-refractivity contribution >= 4 is 11.2 Å². The minimum atomic E-state index is -0.207. The zero-order chi connectivity index (χ0) is 16.6. The molecule has 7 heteroatoms. The number of hydrogen-bond donors (Lipinski definition) is 2. The van der Waals surface area contributed by atoms with Gasteiger partial charge in [-0.2, -0.15) is 4.98 Å². The van der Waals surface area contributed by atoms with Crippen LogP contribution in [0.3, 0.4) is 0 Å². The minimum absolute atomic E-state index is 0.114. The Bertz CT molecular complexity index is 709. The molecule has 2 aromatic heterocycles. The van der Waals surface area contributed by atoms with Crippen LogP contribution in [-0.4, -0.2) is 63.5 Å². The van der Waals surface area contributed by atoms with Gasteiger partial charge in [0.15, 0.2) is 5.65 Å². The van der Waals surface area contributed by atoms with Gasteiger partial charge in [0.25, 0.3) is 0 Å². The third-order valence-corrected chi connectivity index (χ3v) is 5.19. The zero-order valence-corrected chi connectivity index (χ0v) is 14.0. The summed E-state index contributed by atoms with van der Waals surface area (Å²) in [5.74, 6) is 1.50. The number of imidazole rings is 1. The van der Waals surface area contributed by atoms with Crippen molar-refractivity contribution in [2.45, 2.75) is 43.9 Å². The zero-order valence-electron chi connectivity index (χ0n) is 14.0. The molecule has 7 nitrogen and oxygen atoms in total. The molecule has 130 valence electrons. The van der Waals surface area contributed by atoms with Gasteiger partial charge in [-0.1, -0.05) is 0 Å². The Labute approximate surface area is 141 Å². The maximum atomic E-state index is 9.93. The maximum Gasteiger partial charge on any atom is 0.215 e. The first-order valence-corrected chi connectivity index (χ1v) is 8.60. The van der Waals surface area contributed by atoms with Gasteiger partial charge in [-0.25, -0.2) is 4.98 Å². The number of nitrogens with zero attached hydrogens (tertiary/aromatic N) is 3. The van der Waals surface area contributed by atoms with Gasteiger partial charge in [-0.05, 0) is 25.3 Å². The highest BCUT2D eigenvalue weighted by atomic mass is 16.5. The number of hydrogen-bond acceptors (Lipinski definition) is 6. The Kier molecular flexibility index (Phi) is 4.15. The molecule has 0 bridgehead atoms. The predicted octanol–water partition coefficient (Wildman–Crippen LogP) is 1.47. The highest BCUT2D eigenvalue weighted by Gasteiger charge is 2.39. The molecule has 0 aromatic carbocycles. The number of pyridine rings is 1. The molecule has 2 fully saturated rings. The third kappa shape index (κ3) is 3.11. The smallest absolute Gasteiger partial charge is 0.215 e. The lowest BCUT2D eigenvalue weighted by Gasteiger charge is -2.45. The van der Waals surface area contributed by atoms with Gasteiger partial charge < -0.3 is 19.6 Å². The van der Waals surface area contributed by atoms with E-state index in [2.05, 4.69) is 19.9 Å². The minimum Gasteiger partial charge on any atom is -0.481 e. The molecule has 24 heavy (non-hydrogen) atoms. The second-order valence-electron chi connectivity index (χ2n) is 6.86. The van der Waals surface area contributed by atoms with Gasteiger partial charge in [0.2, 0.25) is 5.88 Å². The van der Waals surface area contributed by atoms with Crippen molar-refractivity contribution in [2.24, 2.45) is 0 Å². The van der Waals surface area contributed by atoms with E-state index < -0.39 is 0 Å². The Hall–Kier alpha value is -1.70. The number of likely N-dealkylation sites (tertiary alicyclic amines) is 1. The van der Waals surface area contributed by atoms with Gasteiger partial charge in [-0.15, -0.1) is 0 Å². The van der Waals surface area contributed by atoms with Crippen molar-refractivity contribution in [3.05, 3.63) is 18.0 Å². The van der Waals surface area contributed by atoms with Crippen molar-refractivity contribution in [3.63, 3.8) is 0 Å². The summed E-state index contributed by atoms with van der Waals surface area (Å²) >= 11 is 0. The summed E-state index contributed by atoms with van der Waals surface area (Å²) in [5.41, 5.74) is 1.51. The number of ether oxygens (including phenoxy) is 2. The largest absolute Gasteiger partial charge is 0.481 e. The van der Waals surface area contributed by atoms with Crippen molar-refractivity contribution in [2.75, 3.05) is 26.8 Å². The third-order valence-electron chi connectivity index (χ3n) is 5.19. The van der Waals surface area contributed by atoms with Crippen LogP contribution < -0.4 is 4.74 Å². The van der Waals surface area contributed by atoms with E-state index in [0.29, 0.717) is 18.1 Å². The molecule has 4 rings (SSSR count). The van der Waals surface area contributed by atoms with Crippen LogP contribution in [0.4, 0.5) is 0 Å². The number of aliphatic hydroxyl groups is 1. The molecule has 1 spiro atoms. The standard InChI is InChI=1S/C17H24N4O3/c1-23-15-3-2-13-16(20-15)19-14(18-13)11-21-7-5-17(6-8-21)10-12(22)4-9-24-17/h2-3,12,22H,4-11H2,1H3,(H,18,19,20). The average molecular weight is 332 g/mol. The molecule has 0 radical (unpaired) electrons. The molecule has 2 aromatic rings. The van der Waals surface area contributed by atoms with Crippen molar-refractivity contribution in [1.29, 1.82) is 0 Å². The molecule has 0 amide bonds. The van der Waals surface area contributed by atoms with Gasteiger partial charge in [0.05, 0.1) is 30.9 Å². The van der Waals surface area contributed by atoms with E-state index in [1.165, 1.54) is 0 Å². The van der Waals surface area contributed by atoms with Crippen molar-refractivity contribution in [3.8, 4) is 5.88 Å². The lowest BCUT2D eigenvalue weighted by atomic mass is 9.83. The monoisotopic (exact) mass is 332 g/mol. The topological polar surface area (TPSA) is 83.5 Å². The van der Waals surface area contributed by atoms with Gasteiger partial charge in [0, 0.05) is 32.2 Å². The number of H-pyrrole nitrogens is 1. The second-order valence-corrected chi connectivity index (χ2v) is 6.86. The Balaban J connectivity index is 1.40. The number of aromatic nitrogens is 3. The lowest BCUT2D eigenvalue weighted by Crippen LogP contribution is -2.50. The quantitative estimate of drug-likeness (QED) is 0.886. The summed E-state index contributed by atoms with van der Waals surface area (Å²) < 4.78 is 11.2. The number of fused-ring (bicyclic) bond motifs is 1. The molecule has 2 N–H and O–H groups in total. The predicted molar refractivity (Wildman–Crippen MR) is 88.9 cm³/mol. The fourth-order valence-electron chi connectivity index (χ4n) is 3.79. The van der Waals surface area contributed by atoms with Gasteiger partial charge >= 0.3 is 0 Å². The van der Waals surface area contributed by atoms with Crippen LogP contribution >= 0.6 is 0 Å². The van der Waals surface area contributed by atoms with Crippen LogP contribution in [-0.2, 0) is 11.3 Å². The summed E-state index contributed by atoms with van der Waals surface area (Å²) in [6.07, 6.45) is 3.27. The molecule has 2 saturated heterocycles. The van der Waals surface area contributed by atoms with Gasteiger partial charge in [-0.3, -0.25) is 4.90 Å². The summed E-state index contributed by atoms with van der Waals surface area (Å²) in [5, 5.41) is 9.93. The van der Waals surface area contributed by atoms with Crippen LogP contribution in [0.25, 0.3) is 11.2 Å². The highest BCUT2D eigenvalue weighted by Crippen LogP contribution is 2.35. The lowest BCUT2D eigenvalue weighted by molar-refractivity contribution is -0.143. The molecule has 4 heterocycles. The molecule has 1 unspecified atom stereocenters. The Morgan fingerprint density at radius 3 is 2.96 bits per heavy atom. The van der Waals surface area contributed by atoms with E-state index in [1.54, 1.807) is 7.11 Å². The van der Waals surface area contributed by atoms with Crippen LogP contribution in [0.15, 0.2) is 12.1 Å². The number of nitrogens with one attached hydrogen (secondary N) is 1. The van der Waals surface area contributed by atoms with Crippen LogP contribution in [0.5, 0.6) is 5.88 Å². The first kappa shape index (κ1) is 15.8. The normalized spacial score (nSPS) is 24.5. The fourth-order valence-corrected chi connectivity index (χ4v) is 3.79. The maximum absolute atomic E-state index is 9.93. The summed E-state index contributed by atoms with van der Waals surface area (Å²) in [6, 6.07) is 3.78. The molecule has 0 saturated carbocycles. The molecule has 0 aliphatic carbocycles. The number of piperidine rings is 1. The van der Waals surface area contributed by atoms with E-state index in [9.17, 15) is 5.11 Å². The number of aromatic amines is 1. The summed E-state index contributed by atoms with van der Waals surface area (Å²) in [6.45, 7) is 3.37. The van der Waals surface area contributed by atoms with Crippen molar-refractivity contribution < 1.29 is 14.6 Å². The highest BCUT2D eigenvalue weighted by molar-refractivity contribution is 5.71. The number of aliphatic hydroxyl groups excluding tert-OH is 1. The molecular formula is C17H24N4O3. The van der Waals surface area contributed by atoms with E-state index in [-0.39, 0.29) is 11.7 Å². The number of methoxy groups -OCH3 is 1. The Morgan fingerprint density at radius 2 is 2.21 bits per heavy atom. The fraction of sp³-hybridized carbons (Fsp3) is 0.647. The van der Waals surface area contributed by atoms with E-state index >= 15 is 0 Å². The van der Waals surface area contributed by atoms with E-state index in [1.807, 2.05) is 12.1 Å². The molecule has 1 atom stereocenters. The first-order chi connectivity index (χ1) is 11.7. The number of rotatable bonds is 3. The average Bonchev–Trinajstić information content (AvgIpc) is 2.98. The van der Waals surface area contributed by atoms with E-state index in [0.717, 1.165) is 56.7 Å². The second kappa shape index (κ2) is 6.31. The summed E-state index contributed by atoms with van der Waals surface area (Å²) in [4.78, 5) is 14.6. The molecule has 2 aliphatic rings. The van der Waals surface area contributed by atoms with Crippen molar-refractivity contribution in [1.82, 2.24) is 19.9 Å². The Morgan fingerprint density at radius 1 is 1.38 bits per heavy atom. The van der Waals surface area contributed by atoms with E-state index in [4.69, 9.17) is 9.47 Å². The van der Waals surface area contributed by atoms with Gasteiger partial charge in [0.1, 0.15) is 5.82 Å². The molecule has 2 aliphatic heterocycles. The van der Waals surface area contributed by atoms with Crippen LogP contribution in [0, 0.1) is 0 Å². The summed E-state index contributed by atoms with van der Waals surface area (Å²) in [7, 11) is 1.61. The van der Waals surface area contributed by atoms with Crippen LogP contribution in [0.2, 0.25) is 0 Å². The first-order valence-electron chi connectivity index (χ1n) is 8.60. The molecular weight excluding hydrogens is 308 g/mol. The SMILES string of the molecule is COc1ccc2[nH]c(CN3CCC4(CC3)CC(O)CCO4)nc2n1. The van der Waals surface area contributed by atoms with Crippen LogP contribution in [0.1, 0.15) is 31.5 Å².